The molecule has 3 aromatic carbocycles. The summed E-state index contributed by atoms with van der Waals surface area (Å²) in [6.45, 7) is 1.05. The van der Waals surface area contributed by atoms with Gasteiger partial charge in [-0.05, 0) is 78.6 Å². The van der Waals surface area contributed by atoms with Crippen LogP contribution in [0.3, 0.4) is 0 Å². The predicted molar refractivity (Wildman–Crippen MR) is 162 cm³/mol. The van der Waals surface area contributed by atoms with Crippen molar-refractivity contribution >= 4 is 18.0 Å². The topological polar surface area (TPSA) is 95.9 Å². The van der Waals surface area contributed by atoms with Crippen LogP contribution in [0, 0.1) is 12.7 Å². The van der Waals surface area contributed by atoms with Crippen LogP contribution in [0.15, 0.2) is 60.8 Å². The van der Waals surface area contributed by atoms with Gasteiger partial charge in [-0.1, -0.05) is 12.1 Å². The second kappa shape index (κ2) is 12.5. The molecule has 0 aliphatic carbocycles. The van der Waals surface area contributed by atoms with E-state index in [-0.39, 0.29) is 40.0 Å². The van der Waals surface area contributed by atoms with Crippen LogP contribution in [0.5, 0.6) is 0 Å². The van der Waals surface area contributed by atoms with E-state index in [0.29, 0.717) is 23.3 Å². The molecule has 2 fully saturated rings. The number of amides is 1. The lowest BCUT2D eigenvalue weighted by atomic mass is 9.94. The number of cyclic esters (lactones) is 1. The highest BCUT2D eigenvalue weighted by molar-refractivity contribution is 5.89. The second-order valence-corrected chi connectivity index (χ2v) is 12.3. The van der Waals surface area contributed by atoms with Gasteiger partial charge in [0.25, 0.3) is 5.92 Å². The molecular weight excluding hydrogens is 699 g/mol. The van der Waals surface area contributed by atoms with Gasteiger partial charge in [-0.15, -0.1) is 0 Å². The number of hydrogen-bond donors (Lipinski definition) is 1. The molecule has 2 atom stereocenters. The van der Waals surface area contributed by atoms with E-state index in [2.05, 4.69) is 9.97 Å². The molecule has 0 saturated carbocycles. The zero-order chi connectivity index (χ0) is 37.2. The van der Waals surface area contributed by atoms with Crippen molar-refractivity contribution in [2.45, 2.75) is 50.8 Å². The van der Waals surface area contributed by atoms with Crippen molar-refractivity contribution in [2.75, 3.05) is 18.0 Å². The lowest BCUT2D eigenvalue weighted by molar-refractivity contribution is -0.143. The van der Waals surface area contributed by atoms with Crippen molar-refractivity contribution in [3.8, 4) is 22.3 Å². The van der Waals surface area contributed by atoms with Gasteiger partial charge in [0, 0.05) is 17.3 Å². The molecule has 4 aromatic rings. The van der Waals surface area contributed by atoms with Crippen LogP contribution in [-0.2, 0) is 23.6 Å². The van der Waals surface area contributed by atoms with Gasteiger partial charge in [0.15, 0.2) is 0 Å². The Morgan fingerprint density at radius 2 is 1.59 bits per heavy atom. The number of ether oxygens (including phenoxy) is 1. The summed E-state index contributed by atoms with van der Waals surface area (Å²) in [6, 6.07) is 7.70. The number of nitrogens with zero attached hydrogens (tertiary/aromatic N) is 4. The van der Waals surface area contributed by atoms with Crippen LogP contribution in [0.1, 0.15) is 51.3 Å². The number of aromatic carboxylic acids is 1. The number of rotatable bonds is 7. The molecule has 17 heteroatoms. The number of hydrogen-bond acceptors (Lipinski definition) is 6. The molecular formula is C34H25F9N4O4. The molecule has 51 heavy (non-hydrogen) atoms. The van der Waals surface area contributed by atoms with Gasteiger partial charge in [0.05, 0.1) is 48.1 Å². The normalized spacial score (nSPS) is 18.8. The van der Waals surface area contributed by atoms with E-state index in [1.54, 1.807) is 6.92 Å². The largest absolute Gasteiger partial charge is 0.478 e. The average Bonchev–Trinajstić information content (AvgIpc) is 3.31. The Bertz CT molecular complexity index is 2010. The average molecular weight is 725 g/mol. The van der Waals surface area contributed by atoms with Crippen molar-refractivity contribution in [3.05, 3.63) is 100 Å². The summed E-state index contributed by atoms with van der Waals surface area (Å²) >= 11 is 0. The maximum atomic E-state index is 15.2. The summed E-state index contributed by atoms with van der Waals surface area (Å²) in [5.74, 6) is -5.02. The standard InChI is InChI=1S/C34H25F9N4O4/c1-16-7-19(29(48)49)3-5-23(16)24-10-18(4-6-26(24)35)25-12-44-30(46-14-32(36,37)15-46)45-27(25)13-47-17(2)28(51-31(47)50)20-8-21(33(38,39)40)11-22(9-20)34(41,42)43/h3-12,17,28H,13-15H2,1-2H3,(H,48,49)/t17-,28?/m0/s1. The number of anilines is 1. The van der Waals surface area contributed by atoms with Gasteiger partial charge >= 0.3 is 24.4 Å². The van der Waals surface area contributed by atoms with E-state index in [9.17, 15) is 49.8 Å². The number of carbonyl (C=O) groups excluding carboxylic acids is 1. The van der Waals surface area contributed by atoms with E-state index in [4.69, 9.17) is 4.74 Å². The van der Waals surface area contributed by atoms with Crippen LogP contribution in [0.25, 0.3) is 22.3 Å². The third-order valence-corrected chi connectivity index (χ3v) is 8.67. The summed E-state index contributed by atoms with van der Waals surface area (Å²) in [4.78, 5) is 35.4. The molecule has 1 amide bonds. The quantitative estimate of drug-likeness (QED) is 0.191. The zero-order valence-electron chi connectivity index (χ0n) is 26.4. The van der Waals surface area contributed by atoms with E-state index in [1.165, 1.54) is 43.5 Å². The number of carbonyl (C=O) groups is 2. The second-order valence-electron chi connectivity index (χ2n) is 12.3. The Kier molecular flexibility index (Phi) is 8.66. The molecule has 6 rings (SSSR count). The fourth-order valence-electron chi connectivity index (χ4n) is 6.04. The SMILES string of the molecule is Cc1cc(C(=O)O)ccc1-c1cc(-c2cnc(N3CC(F)(F)C3)nc2CN2C(=O)OC(c3cc(C(F)(F)F)cc(C(F)(F)F)c3)[C@@H]2C)ccc1F. The number of aryl methyl sites for hydroxylation is 1. The highest BCUT2D eigenvalue weighted by Crippen LogP contribution is 2.42. The van der Waals surface area contributed by atoms with Crippen molar-refractivity contribution in [1.29, 1.82) is 0 Å². The first-order valence-electron chi connectivity index (χ1n) is 15.1. The number of aromatic nitrogens is 2. The first kappa shape index (κ1) is 35.5. The molecule has 0 radical (unpaired) electrons. The van der Waals surface area contributed by atoms with Crippen LogP contribution in [0.4, 0.5) is 50.3 Å². The number of carboxylic acid groups (broad SMARTS) is 1. The summed E-state index contributed by atoms with van der Waals surface area (Å²) < 4.78 is 129. The Morgan fingerprint density at radius 1 is 0.941 bits per heavy atom. The van der Waals surface area contributed by atoms with Crippen LogP contribution < -0.4 is 4.90 Å². The first-order valence-corrected chi connectivity index (χ1v) is 15.1. The first-order chi connectivity index (χ1) is 23.7. The highest BCUT2D eigenvalue weighted by Gasteiger charge is 2.46. The van der Waals surface area contributed by atoms with Gasteiger partial charge in [0.2, 0.25) is 5.95 Å². The Labute approximate surface area is 283 Å². The van der Waals surface area contributed by atoms with Crippen molar-refractivity contribution < 1.29 is 58.9 Å². The molecule has 268 valence electrons. The maximum Gasteiger partial charge on any atom is 0.416 e. The van der Waals surface area contributed by atoms with E-state index >= 15 is 4.39 Å². The summed E-state index contributed by atoms with van der Waals surface area (Å²) in [5, 5.41) is 9.32. The third-order valence-electron chi connectivity index (χ3n) is 8.67. The fourth-order valence-corrected chi connectivity index (χ4v) is 6.04. The Balaban J connectivity index is 1.39. The van der Waals surface area contributed by atoms with Crippen LogP contribution in [0.2, 0.25) is 0 Å². The number of alkyl halides is 8. The predicted octanol–water partition coefficient (Wildman–Crippen LogP) is 8.53. The molecule has 0 bridgehead atoms. The highest BCUT2D eigenvalue weighted by atomic mass is 19.4. The minimum atomic E-state index is -5.15. The van der Waals surface area contributed by atoms with Gasteiger partial charge < -0.3 is 14.7 Å². The molecule has 2 aliphatic rings. The van der Waals surface area contributed by atoms with Crippen molar-refractivity contribution in [2.24, 2.45) is 0 Å². The summed E-state index contributed by atoms with van der Waals surface area (Å²) in [7, 11) is 0. The Hall–Kier alpha value is -5.35. The zero-order valence-corrected chi connectivity index (χ0v) is 26.4. The van der Waals surface area contributed by atoms with E-state index in [1.807, 2.05) is 0 Å². The van der Waals surface area contributed by atoms with Crippen molar-refractivity contribution in [3.63, 3.8) is 0 Å². The minimum absolute atomic E-state index is 0.0233. The molecule has 1 aromatic heterocycles. The monoisotopic (exact) mass is 724 g/mol. The summed E-state index contributed by atoms with van der Waals surface area (Å²) in [5.41, 5.74) is -2.44. The van der Waals surface area contributed by atoms with Crippen molar-refractivity contribution in [1.82, 2.24) is 14.9 Å². The minimum Gasteiger partial charge on any atom is -0.478 e. The van der Waals surface area contributed by atoms with E-state index < -0.39 is 84.6 Å². The number of carboxylic acids is 1. The molecule has 2 aliphatic heterocycles. The molecule has 3 heterocycles. The number of halogens is 9. The van der Waals surface area contributed by atoms with Gasteiger partial charge in [-0.3, -0.25) is 4.90 Å². The molecule has 2 saturated heterocycles. The van der Waals surface area contributed by atoms with E-state index in [0.717, 1.165) is 15.9 Å². The lowest BCUT2D eigenvalue weighted by Crippen LogP contribution is -2.57. The van der Waals surface area contributed by atoms with Crippen LogP contribution in [-0.4, -0.2) is 57.1 Å². The summed E-state index contributed by atoms with van der Waals surface area (Å²) in [6.07, 6.45) is -11.7. The molecule has 8 nitrogen and oxygen atoms in total. The van der Waals surface area contributed by atoms with Gasteiger partial charge in [-0.25, -0.2) is 32.7 Å². The van der Waals surface area contributed by atoms with Crippen LogP contribution >= 0.6 is 0 Å². The van der Waals surface area contributed by atoms with Gasteiger partial charge in [0.1, 0.15) is 11.9 Å². The third kappa shape index (κ3) is 7.01. The lowest BCUT2D eigenvalue weighted by Gasteiger charge is -2.38. The number of benzene rings is 3. The molecule has 1 N–H and O–H groups in total. The molecule has 0 spiro atoms. The fraction of sp³-hybridized carbons (Fsp3) is 0.294. The smallest absolute Gasteiger partial charge is 0.416 e. The maximum absolute atomic E-state index is 15.2. The van der Waals surface area contributed by atoms with Gasteiger partial charge in [-0.2, -0.15) is 26.3 Å². The molecule has 1 unspecified atom stereocenters. The Morgan fingerprint density at radius 3 is 2.16 bits per heavy atom.